The van der Waals surface area contributed by atoms with Gasteiger partial charge in [0.2, 0.25) is 10.0 Å². The summed E-state index contributed by atoms with van der Waals surface area (Å²) in [4.78, 5) is 0. The van der Waals surface area contributed by atoms with Crippen molar-refractivity contribution in [1.82, 2.24) is 4.72 Å². The number of sulfonamides is 1. The summed E-state index contributed by atoms with van der Waals surface area (Å²) in [5.41, 5.74) is 7.38. The van der Waals surface area contributed by atoms with Crippen molar-refractivity contribution < 1.29 is 8.42 Å². The lowest BCUT2D eigenvalue weighted by Gasteiger charge is -2.21. The standard InChI is InChI=1S/C16H26N2O2S/c17-12-14-8-6-7-9-15(14)13-21(19,20)18-16-10-4-2-1-3-5-11-16/h6-9,16,18H,1-5,10-13,17H2. The summed E-state index contributed by atoms with van der Waals surface area (Å²) in [6.45, 7) is 0.370. The van der Waals surface area contributed by atoms with Crippen molar-refractivity contribution in [3.8, 4) is 0 Å². The van der Waals surface area contributed by atoms with E-state index in [0.29, 0.717) is 6.54 Å². The van der Waals surface area contributed by atoms with E-state index in [9.17, 15) is 8.42 Å². The maximum atomic E-state index is 12.4. The second-order valence-corrected chi connectivity index (χ2v) is 7.65. The molecule has 0 saturated heterocycles. The van der Waals surface area contributed by atoms with Crippen LogP contribution in [0.25, 0.3) is 0 Å². The molecule has 4 nitrogen and oxygen atoms in total. The van der Waals surface area contributed by atoms with Crippen LogP contribution in [0.2, 0.25) is 0 Å². The molecule has 21 heavy (non-hydrogen) atoms. The predicted octanol–water partition coefficient (Wildman–Crippen LogP) is 2.68. The van der Waals surface area contributed by atoms with Gasteiger partial charge in [-0.1, -0.05) is 56.4 Å². The molecule has 0 bridgehead atoms. The fraction of sp³-hybridized carbons (Fsp3) is 0.625. The van der Waals surface area contributed by atoms with Crippen LogP contribution in [0.3, 0.4) is 0 Å². The Labute approximate surface area is 128 Å². The van der Waals surface area contributed by atoms with Gasteiger partial charge in [0, 0.05) is 12.6 Å². The Kier molecular flexibility index (Phi) is 6.21. The molecule has 0 spiro atoms. The average molecular weight is 310 g/mol. The van der Waals surface area contributed by atoms with Gasteiger partial charge < -0.3 is 5.73 Å². The van der Waals surface area contributed by atoms with Gasteiger partial charge in [0.05, 0.1) is 5.75 Å². The van der Waals surface area contributed by atoms with Gasteiger partial charge in [-0.2, -0.15) is 0 Å². The molecule has 1 aromatic rings. The lowest BCUT2D eigenvalue weighted by atomic mass is 9.97. The van der Waals surface area contributed by atoms with Gasteiger partial charge in [0.1, 0.15) is 0 Å². The first-order valence-corrected chi connectivity index (χ1v) is 9.53. The molecule has 0 radical (unpaired) electrons. The van der Waals surface area contributed by atoms with E-state index in [-0.39, 0.29) is 11.8 Å². The summed E-state index contributed by atoms with van der Waals surface area (Å²) in [5, 5.41) is 0. The fourth-order valence-electron chi connectivity index (χ4n) is 2.97. The SMILES string of the molecule is NCc1ccccc1CS(=O)(=O)NC1CCCCCCC1. The molecule has 1 saturated carbocycles. The van der Waals surface area contributed by atoms with E-state index in [1.54, 1.807) is 0 Å². The lowest BCUT2D eigenvalue weighted by molar-refractivity contribution is 0.426. The van der Waals surface area contributed by atoms with Crippen LogP contribution in [0, 0.1) is 0 Å². The smallest absolute Gasteiger partial charge is 0.216 e. The first-order chi connectivity index (χ1) is 10.1. The van der Waals surface area contributed by atoms with Crippen LogP contribution in [-0.2, 0) is 22.3 Å². The number of hydrogen-bond acceptors (Lipinski definition) is 3. The van der Waals surface area contributed by atoms with E-state index < -0.39 is 10.0 Å². The molecule has 2 rings (SSSR count). The van der Waals surface area contributed by atoms with Crippen LogP contribution in [0.5, 0.6) is 0 Å². The number of benzene rings is 1. The highest BCUT2D eigenvalue weighted by atomic mass is 32.2. The van der Waals surface area contributed by atoms with Crippen molar-refractivity contribution in [3.63, 3.8) is 0 Å². The Balaban J connectivity index is 2.00. The van der Waals surface area contributed by atoms with Gasteiger partial charge in [0.15, 0.2) is 0 Å². The second kappa shape index (κ2) is 7.92. The normalized spacial score (nSPS) is 18.1. The Morgan fingerprint density at radius 3 is 2.19 bits per heavy atom. The summed E-state index contributed by atoms with van der Waals surface area (Å²) in [7, 11) is -3.30. The summed E-state index contributed by atoms with van der Waals surface area (Å²) in [6, 6.07) is 7.58. The Hall–Kier alpha value is -0.910. The molecule has 1 aromatic carbocycles. The largest absolute Gasteiger partial charge is 0.326 e. The maximum Gasteiger partial charge on any atom is 0.216 e. The molecule has 0 atom stereocenters. The molecule has 1 aliphatic rings. The molecule has 1 aliphatic carbocycles. The maximum absolute atomic E-state index is 12.4. The summed E-state index contributed by atoms with van der Waals surface area (Å²) >= 11 is 0. The number of nitrogens with two attached hydrogens (primary N) is 1. The molecule has 0 aliphatic heterocycles. The Morgan fingerprint density at radius 2 is 1.57 bits per heavy atom. The van der Waals surface area contributed by atoms with Crippen LogP contribution in [0.4, 0.5) is 0 Å². The molecule has 1 fully saturated rings. The highest BCUT2D eigenvalue weighted by Gasteiger charge is 2.20. The van der Waals surface area contributed by atoms with Gasteiger partial charge >= 0.3 is 0 Å². The summed E-state index contributed by atoms with van der Waals surface area (Å²) in [6.07, 6.45) is 7.86. The van der Waals surface area contributed by atoms with E-state index >= 15 is 0 Å². The van der Waals surface area contributed by atoms with Gasteiger partial charge in [-0.15, -0.1) is 0 Å². The molecule has 3 N–H and O–H groups in total. The molecule has 0 unspecified atom stereocenters. The van der Waals surface area contributed by atoms with Crippen molar-refractivity contribution in [3.05, 3.63) is 35.4 Å². The number of rotatable bonds is 5. The molecular weight excluding hydrogens is 284 g/mol. The van der Waals surface area contributed by atoms with Crippen LogP contribution >= 0.6 is 0 Å². The quantitative estimate of drug-likeness (QED) is 0.878. The minimum Gasteiger partial charge on any atom is -0.326 e. The number of nitrogens with one attached hydrogen (secondary N) is 1. The minimum absolute atomic E-state index is 0.0247. The minimum atomic E-state index is -3.30. The first-order valence-electron chi connectivity index (χ1n) is 7.87. The molecule has 118 valence electrons. The molecular formula is C16H26N2O2S. The van der Waals surface area contributed by atoms with Crippen molar-refractivity contribution in [2.24, 2.45) is 5.73 Å². The van der Waals surface area contributed by atoms with Crippen LogP contribution < -0.4 is 10.5 Å². The van der Waals surface area contributed by atoms with Crippen molar-refractivity contribution in [2.75, 3.05) is 0 Å². The van der Waals surface area contributed by atoms with Crippen molar-refractivity contribution in [1.29, 1.82) is 0 Å². The molecule has 0 amide bonds. The van der Waals surface area contributed by atoms with E-state index in [4.69, 9.17) is 5.73 Å². The van der Waals surface area contributed by atoms with E-state index in [1.807, 2.05) is 24.3 Å². The Morgan fingerprint density at radius 1 is 1.00 bits per heavy atom. The van der Waals surface area contributed by atoms with Gasteiger partial charge in [-0.05, 0) is 24.0 Å². The highest BCUT2D eigenvalue weighted by Crippen LogP contribution is 2.19. The van der Waals surface area contributed by atoms with E-state index in [0.717, 1.165) is 36.8 Å². The molecule has 0 aromatic heterocycles. The second-order valence-electron chi connectivity index (χ2n) is 5.89. The van der Waals surface area contributed by atoms with Crippen molar-refractivity contribution in [2.45, 2.75) is 63.3 Å². The van der Waals surface area contributed by atoms with E-state index in [1.165, 1.54) is 19.3 Å². The predicted molar refractivity (Wildman–Crippen MR) is 86.2 cm³/mol. The third-order valence-electron chi connectivity index (χ3n) is 4.14. The van der Waals surface area contributed by atoms with Gasteiger partial charge in [0.25, 0.3) is 0 Å². The first kappa shape index (κ1) is 16.5. The zero-order chi connectivity index (χ0) is 15.1. The van der Waals surface area contributed by atoms with Crippen molar-refractivity contribution >= 4 is 10.0 Å². The van der Waals surface area contributed by atoms with Crippen LogP contribution in [0.1, 0.15) is 56.1 Å². The number of hydrogen-bond donors (Lipinski definition) is 2. The molecule has 5 heteroatoms. The lowest BCUT2D eigenvalue weighted by Crippen LogP contribution is -2.36. The van der Waals surface area contributed by atoms with Gasteiger partial charge in [-0.25, -0.2) is 13.1 Å². The van der Waals surface area contributed by atoms with Crippen LogP contribution in [-0.4, -0.2) is 14.5 Å². The Bertz CT molecular complexity index is 535. The highest BCUT2D eigenvalue weighted by molar-refractivity contribution is 7.88. The molecule has 0 heterocycles. The van der Waals surface area contributed by atoms with E-state index in [2.05, 4.69) is 4.72 Å². The topological polar surface area (TPSA) is 72.2 Å². The zero-order valence-electron chi connectivity index (χ0n) is 12.6. The third kappa shape index (κ3) is 5.41. The van der Waals surface area contributed by atoms with Gasteiger partial charge in [-0.3, -0.25) is 0 Å². The average Bonchev–Trinajstić information content (AvgIpc) is 2.42. The fourth-order valence-corrected chi connectivity index (χ4v) is 4.49. The zero-order valence-corrected chi connectivity index (χ0v) is 13.4. The van der Waals surface area contributed by atoms with Crippen LogP contribution in [0.15, 0.2) is 24.3 Å². The monoisotopic (exact) mass is 310 g/mol. The summed E-state index contributed by atoms with van der Waals surface area (Å²) < 4.78 is 27.7. The third-order valence-corrected chi connectivity index (χ3v) is 5.52. The summed E-state index contributed by atoms with van der Waals surface area (Å²) in [5.74, 6) is 0.0247.